The Labute approximate surface area is 829 Å². The molecule has 0 aliphatic heterocycles. The van der Waals surface area contributed by atoms with Crippen molar-refractivity contribution in [2.75, 3.05) is 130 Å². The van der Waals surface area contributed by atoms with Crippen LogP contribution in [-0.2, 0) is 49.4 Å². The zero-order chi connectivity index (χ0) is 99.8. The number of rotatable bonds is 33. The number of carbonyl (C=O) groups excluding carboxylic acids is 5. The summed E-state index contributed by atoms with van der Waals surface area (Å²) in [5, 5.41) is 14.1. The lowest BCUT2D eigenvalue weighted by molar-refractivity contribution is -0.894. The first-order valence-corrected chi connectivity index (χ1v) is 49.6. The van der Waals surface area contributed by atoms with Crippen molar-refractivity contribution in [2.24, 2.45) is 0 Å². The Morgan fingerprint density at radius 1 is 0.584 bits per heavy atom. The minimum absolute atomic E-state index is 0. The molecular formula is C95H131BF4IN13O18PS4-. The molecule has 0 aliphatic rings. The summed E-state index contributed by atoms with van der Waals surface area (Å²) in [7, 11) is -1.40. The molecule has 2 N–H and O–H groups in total. The Balaban J connectivity index is 0.000000930. The van der Waals surface area contributed by atoms with E-state index in [0.717, 1.165) is 106 Å². The van der Waals surface area contributed by atoms with E-state index in [9.17, 15) is 49.9 Å². The molecule has 0 fully saturated rings. The molecule has 31 nitrogen and oxygen atoms in total. The fourth-order valence-corrected chi connectivity index (χ4v) is 19.6. The van der Waals surface area contributed by atoms with Gasteiger partial charge >= 0.3 is 55.4 Å². The highest BCUT2D eigenvalue weighted by atomic mass is 127. The minimum Gasteiger partial charge on any atom is -1.00 e. The number of anilines is 2. The Kier molecular flexibility index (Phi) is 54.1. The standard InChI is InChI=1S/C38H43N3O8S2.C26H22N2O2S.C12H22N6OP.C11H23NO2.C6H15N.CO2.CH4.BF3.FH.HI.O3S.H2/c1-6-40(7-2)25-19-20-28-30(24-25)48-37(44)34(35-39-29-16-10-11-17-31(29)50-35)33(28)26-14-8-9-15-27(26)36(43)41(22-13-23-51(45,46)47)21-12-18-32(42)49-38(3,4)5;1-3-28(4-2)18-14-15-19-21(16-18)30-26(29)24(23(19)17-10-6-5-7-11-17)25-27-20-12-8-9-13-22(20)31-25;1-15(2)20(16(3)4,17(5)6)19-18-12-10-8-7-9-11(12)13-14-18;1-5-8-12-9-6-7-10(13)14-11(2,3)4;1-4-7(5-2)6-3;2-1-3;;2-1(3)4;;;1-4(2)3;/h8-11,14-17,19-20,24H,6-7,12-13,18,21-23H2,1-5H3,(H,45,46,47);5-16H,3-4H2,1-2H3;7-10H,1-6H3;12H,5-9H2,1-4H3;4-6H2,1-3H3;;1H4;;2*1H;;1H/q;;+1;;;;;;;;;/p-2. The lowest BCUT2D eigenvalue weighted by atomic mass is 9.92. The molecule has 0 spiro atoms. The molecule has 0 unspecified atom stereocenters. The molecule has 42 heteroatoms. The van der Waals surface area contributed by atoms with Crippen molar-refractivity contribution in [3.8, 4) is 43.4 Å². The van der Waals surface area contributed by atoms with Crippen molar-refractivity contribution in [2.45, 2.75) is 154 Å². The predicted octanol–water partition coefficient (Wildman–Crippen LogP) is 11.1. The van der Waals surface area contributed by atoms with Crippen molar-refractivity contribution in [3.63, 3.8) is 0 Å². The Morgan fingerprint density at radius 3 is 1.40 bits per heavy atom. The number of amides is 1. The highest BCUT2D eigenvalue weighted by Crippen LogP contribution is 2.61. The summed E-state index contributed by atoms with van der Waals surface area (Å²) in [6.45, 7) is 37.1. The first kappa shape index (κ1) is 123. The summed E-state index contributed by atoms with van der Waals surface area (Å²) in [6, 6.07) is 52.0. The van der Waals surface area contributed by atoms with Gasteiger partial charge in [-0.05, 0) is 217 Å². The third kappa shape index (κ3) is 38.4. The highest BCUT2D eigenvalue weighted by molar-refractivity contribution is 7.85. The van der Waals surface area contributed by atoms with Crippen LogP contribution in [-0.4, -0.2) is 232 Å². The van der Waals surface area contributed by atoms with Gasteiger partial charge < -0.3 is 76.5 Å². The SMILES string of the molecule is C.CCCNCCCC(=O)OC(C)(C)C.CCN(CC)c1ccc2c(-c3ccccc3)c(-c3nc4ccccc4s3)c(=O)oc2c1.CCN(CC)c1ccc2c(-c3ccccc3C(=O)N(CCCC(=O)OC(C)(C)C)CCCS(=O)(=O)[O-])c(-c3nc4ccccc4s3)c(=O)oc2c1.CC[NH+](CC)CC.CN(C)[P+](On1nnc2ccccc21)(N(C)C)N(C)C.FB(F)F.O=C=O.O=S(=O)=O.[F-].[HH].[I-]. The second-order valence-corrected chi connectivity index (χ2v) is 39.9. The van der Waals surface area contributed by atoms with Crippen LogP contribution in [0.1, 0.15) is 155 Å². The summed E-state index contributed by atoms with van der Waals surface area (Å²) >= 11 is 2.86. The van der Waals surface area contributed by atoms with Gasteiger partial charge in [-0.3, -0.25) is 27.3 Å². The van der Waals surface area contributed by atoms with Crippen molar-refractivity contribution in [1.82, 2.24) is 49.4 Å². The number of fused-ring (bicyclic) bond motifs is 5. The van der Waals surface area contributed by atoms with Gasteiger partial charge in [-0.15, -0.1) is 54.4 Å². The Hall–Kier alpha value is -10.4. The first-order valence-electron chi connectivity index (χ1n) is 43.9. The molecule has 12 aromatic rings. The summed E-state index contributed by atoms with van der Waals surface area (Å²) < 4.78 is 126. The maximum Gasteiger partial charge on any atom is 0.762 e. The number of aromatic nitrogens is 5. The van der Waals surface area contributed by atoms with Crippen LogP contribution in [0.4, 0.5) is 24.3 Å². The number of benzene rings is 7. The first-order chi connectivity index (χ1) is 63.4. The smallest absolute Gasteiger partial charge is 0.762 e. The van der Waals surface area contributed by atoms with E-state index in [1.54, 1.807) is 49.9 Å². The van der Waals surface area contributed by atoms with E-state index < -0.39 is 65.1 Å². The van der Waals surface area contributed by atoms with E-state index in [-0.39, 0.29) is 104 Å². The summed E-state index contributed by atoms with van der Waals surface area (Å²) in [5.74, 6) is -1.62. The largest absolute Gasteiger partial charge is 1.00 e. The van der Waals surface area contributed by atoms with E-state index in [1.807, 2.05) is 204 Å². The van der Waals surface area contributed by atoms with Crippen LogP contribution >= 0.6 is 30.6 Å². The monoisotopic (exact) mass is 2110 g/mol. The summed E-state index contributed by atoms with van der Waals surface area (Å²) in [6.07, 6.45) is 2.93. The summed E-state index contributed by atoms with van der Waals surface area (Å²) in [5.41, 5.74) is 7.94. The van der Waals surface area contributed by atoms with Crippen LogP contribution in [0.5, 0.6) is 0 Å². The molecule has 1 amide bonds. The molecule has 12 rings (SSSR count). The third-order valence-corrected chi connectivity index (χ3v) is 26.4. The average Bonchev–Trinajstić information content (AvgIpc) is 1.28. The van der Waals surface area contributed by atoms with Gasteiger partial charge in [0.15, 0.2) is 0 Å². The van der Waals surface area contributed by atoms with Gasteiger partial charge in [0.2, 0.25) is 0 Å². The maximum absolute atomic E-state index is 14.5. The van der Waals surface area contributed by atoms with Gasteiger partial charge in [0.25, 0.3) is 5.91 Å². The normalized spacial score (nSPS) is 11.0. The zero-order valence-corrected chi connectivity index (χ0v) is 86.9. The Morgan fingerprint density at radius 2 is 0.985 bits per heavy atom. The third-order valence-electron chi connectivity index (χ3n) is 20.0. The molecule has 5 aromatic heterocycles. The van der Waals surface area contributed by atoms with E-state index in [2.05, 4.69) is 93.1 Å². The topological polar surface area (TPSA) is 374 Å². The molecule has 0 saturated heterocycles. The van der Waals surface area contributed by atoms with Gasteiger partial charge in [-0.1, -0.05) is 99.3 Å². The van der Waals surface area contributed by atoms with Gasteiger partial charge in [-0.2, -0.15) is 14.2 Å². The molecule has 0 saturated carbocycles. The van der Waals surface area contributed by atoms with E-state index in [1.165, 1.54) is 52.1 Å². The lowest BCUT2D eigenvalue weighted by Gasteiger charge is -2.35. The average molecular weight is 2120 g/mol. The number of nitrogens with one attached hydrogen (secondary N) is 2. The van der Waals surface area contributed by atoms with E-state index in [0.29, 0.717) is 55.2 Å². The van der Waals surface area contributed by atoms with Crippen LogP contribution in [0.25, 0.3) is 96.8 Å². The molecule has 137 heavy (non-hydrogen) atoms. The lowest BCUT2D eigenvalue weighted by Crippen LogP contribution is -3.11. The van der Waals surface area contributed by atoms with Crippen LogP contribution in [0.15, 0.2) is 182 Å². The second kappa shape index (κ2) is 60.5. The predicted molar refractivity (Wildman–Crippen MR) is 536 cm³/mol. The second-order valence-electron chi connectivity index (χ2n) is 32.3. The number of para-hydroxylation sites is 3. The molecule has 0 aliphatic carbocycles. The zero-order valence-electron chi connectivity index (χ0n) is 80.6. The number of hydrogen-bond donors (Lipinski definition) is 2. The number of carbonyl (C=O) groups is 3. The number of nitrogens with zero attached hydrogens (tertiary/aromatic N) is 11. The number of ether oxygens (including phenoxy) is 2. The van der Waals surface area contributed by atoms with Gasteiger partial charge in [0, 0.05) is 153 Å². The minimum atomic E-state index is -4.52. The fourth-order valence-electron chi connectivity index (χ4n) is 14.2. The fraction of sp³-hybridized carbons (Fsp3) is 0.432. The van der Waals surface area contributed by atoms with Crippen LogP contribution in [0, 0.1) is 0 Å². The van der Waals surface area contributed by atoms with Gasteiger partial charge in [-0.25, -0.2) is 28.0 Å². The quantitative estimate of drug-likeness (QED) is 0.00564. The number of hydrogen-bond acceptors (Lipinski definition) is 30. The molecule has 5 heterocycles. The number of thiazole rings is 2. The number of quaternary nitrogens is 1. The number of halogens is 5. The van der Waals surface area contributed by atoms with Crippen molar-refractivity contribution < 1.29 is 120 Å². The highest BCUT2D eigenvalue weighted by Gasteiger charge is 2.54. The molecule has 752 valence electrons. The Bertz CT molecular complexity index is 6060. The van der Waals surface area contributed by atoms with Gasteiger partial charge in [0.1, 0.15) is 54.5 Å². The molecule has 0 bridgehead atoms. The van der Waals surface area contributed by atoms with Crippen LogP contribution in [0.3, 0.4) is 0 Å². The molecular weight excluding hydrogens is 1980 g/mol. The summed E-state index contributed by atoms with van der Waals surface area (Å²) in [4.78, 5) is 100. The van der Waals surface area contributed by atoms with Gasteiger partial charge in [0.05, 0.1) is 50.2 Å². The van der Waals surface area contributed by atoms with E-state index >= 15 is 0 Å². The maximum atomic E-state index is 14.5. The van der Waals surface area contributed by atoms with Crippen molar-refractivity contribution >= 4 is 148 Å². The number of esters is 2. The van der Waals surface area contributed by atoms with Crippen molar-refractivity contribution in [1.29, 1.82) is 0 Å². The molecule has 0 atom stereocenters. The molecule has 7 aromatic carbocycles. The van der Waals surface area contributed by atoms with Crippen LogP contribution < -0.4 is 64.6 Å². The van der Waals surface area contributed by atoms with Crippen molar-refractivity contribution in [3.05, 3.63) is 190 Å². The van der Waals surface area contributed by atoms with Crippen LogP contribution in [0.2, 0.25) is 0 Å². The van der Waals surface area contributed by atoms with E-state index in [4.69, 9.17) is 55.1 Å². The molecule has 0 radical (unpaired) electrons.